The quantitative estimate of drug-likeness (QED) is 0.506. The zero-order chi connectivity index (χ0) is 20.3. The van der Waals surface area contributed by atoms with Crippen LogP contribution in [0.1, 0.15) is 29.0 Å². The lowest BCUT2D eigenvalue weighted by Crippen LogP contribution is -2.33. The molecule has 28 heavy (non-hydrogen) atoms. The first-order chi connectivity index (χ1) is 13.3. The Labute approximate surface area is 184 Å². The van der Waals surface area contributed by atoms with Gasteiger partial charge in [-0.1, -0.05) is 23.4 Å². The van der Waals surface area contributed by atoms with Gasteiger partial charge in [0.05, 0.1) is 17.0 Å². The number of anilines is 1. The van der Waals surface area contributed by atoms with Crippen molar-refractivity contribution < 1.29 is 9.84 Å². The largest absolute Gasteiger partial charge is 0.495 e. The number of thiocarbonyl (C=S) groups is 1. The average molecular weight is 453 g/mol. The van der Waals surface area contributed by atoms with E-state index in [2.05, 4.69) is 28.1 Å². The molecule has 1 aliphatic rings. The number of hydrogen-bond acceptors (Lipinski definition) is 5. The van der Waals surface area contributed by atoms with Gasteiger partial charge in [0.1, 0.15) is 16.7 Å². The van der Waals surface area contributed by atoms with Crippen LogP contribution in [0.25, 0.3) is 0 Å². The van der Waals surface area contributed by atoms with Crippen LogP contribution in [0.5, 0.6) is 5.75 Å². The minimum Gasteiger partial charge on any atom is -0.495 e. The van der Waals surface area contributed by atoms with E-state index in [0.29, 0.717) is 15.9 Å². The lowest BCUT2D eigenvalue weighted by Gasteiger charge is -2.26. The average Bonchev–Trinajstić information content (AvgIpc) is 3.28. The molecule has 0 bridgehead atoms. The van der Waals surface area contributed by atoms with Crippen molar-refractivity contribution in [3.63, 3.8) is 0 Å². The Hall–Kier alpha value is -1.43. The van der Waals surface area contributed by atoms with Crippen molar-refractivity contribution in [2.45, 2.75) is 24.8 Å². The summed E-state index contributed by atoms with van der Waals surface area (Å²) in [6.45, 7) is 4.23. The summed E-state index contributed by atoms with van der Waals surface area (Å²) in [7, 11) is 1.59. The first kappa shape index (κ1) is 21.3. The molecule has 1 atom stereocenters. The monoisotopic (exact) mass is 452 g/mol. The van der Waals surface area contributed by atoms with Crippen LogP contribution in [0, 0.1) is 11.8 Å². The van der Waals surface area contributed by atoms with Gasteiger partial charge in [0.2, 0.25) is 0 Å². The summed E-state index contributed by atoms with van der Waals surface area (Å²) >= 11 is 15.3. The maximum Gasteiger partial charge on any atom is 0.174 e. The number of halogens is 1. The third kappa shape index (κ3) is 5.34. The third-order valence-electron chi connectivity index (χ3n) is 3.92. The second-order valence-electron chi connectivity index (χ2n) is 6.71. The van der Waals surface area contributed by atoms with E-state index in [1.165, 1.54) is 4.88 Å². The van der Waals surface area contributed by atoms with Crippen LogP contribution in [-0.2, 0) is 0 Å². The van der Waals surface area contributed by atoms with Gasteiger partial charge in [-0.15, -0.1) is 23.1 Å². The molecular weight excluding hydrogens is 432 g/mol. The Balaban J connectivity index is 1.72. The molecule has 0 radical (unpaired) electrons. The van der Waals surface area contributed by atoms with Gasteiger partial charge in [-0.25, -0.2) is 0 Å². The zero-order valence-electron chi connectivity index (χ0n) is 15.8. The molecular formula is C20H21ClN2O2S3. The predicted octanol–water partition coefficient (Wildman–Crippen LogP) is 4.98. The zero-order valence-corrected chi connectivity index (χ0v) is 19.0. The van der Waals surface area contributed by atoms with Gasteiger partial charge in [0.15, 0.2) is 5.11 Å². The predicted molar refractivity (Wildman–Crippen MR) is 124 cm³/mol. The summed E-state index contributed by atoms with van der Waals surface area (Å²) in [5.74, 6) is 7.53. The van der Waals surface area contributed by atoms with E-state index >= 15 is 0 Å². The van der Waals surface area contributed by atoms with Gasteiger partial charge < -0.3 is 20.1 Å². The molecule has 0 unspecified atom stereocenters. The van der Waals surface area contributed by atoms with Crippen LogP contribution in [0.2, 0.25) is 5.02 Å². The fourth-order valence-electron chi connectivity index (χ4n) is 2.62. The molecule has 2 heterocycles. The number of nitrogens with one attached hydrogen (secondary N) is 1. The van der Waals surface area contributed by atoms with Gasteiger partial charge in [-0.3, -0.25) is 0 Å². The highest BCUT2D eigenvalue weighted by Gasteiger charge is 2.30. The first-order valence-corrected chi connectivity index (χ1v) is 11.3. The number of aliphatic hydroxyl groups is 1. The van der Waals surface area contributed by atoms with Crippen LogP contribution in [0.3, 0.4) is 0 Å². The molecule has 1 saturated heterocycles. The fraction of sp³-hybridized carbons (Fsp3) is 0.350. The van der Waals surface area contributed by atoms with Crippen molar-refractivity contribution in [1.29, 1.82) is 0 Å². The third-order valence-corrected chi connectivity index (χ3v) is 6.99. The van der Waals surface area contributed by atoms with Crippen molar-refractivity contribution in [2.75, 3.05) is 24.7 Å². The lowest BCUT2D eigenvalue weighted by atomic mass is 10.1. The molecule has 0 saturated carbocycles. The topological polar surface area (TPSA) is 44.7 Å². The van der Waals surface area contributed by atoms with Gasteiger partial charge in [-0.2, -0.15) is 0 Å². The Morgan fingerprint density at radius 3 is 2.86 bits per heavy atom. The summed E-state index contributed by atoms with van der Waals surface area (Å²) in [6, 6.07) is 9.60. The molecule has 3 rings (SSSR count). The number of thioether (sulfide) groups is 1. The van der Waals surface area contributed by atoms with Crippen molar-refractivity contribution >= 4 is 57.7 Å². The van der Waals surface area contributed by atoms with Crippen LogP contribution in [0.15, 0.2) is 30.3 Å². The normalized spacial score (nSPS) is 16.5. The second kappa shape index (κ2) is 8.93. The SMILES string of the molecule is COc1ccc(NC(=S)N2CCS[C@@H]2c2ccc(C#CC(C)(C)O)s2)cc1Cl. The number of rotatable bonds is 3. The number of thiophene rings is 1. The van der Waals surface area contributed by atoms with Gasteiger partial charge >= 0.3 is 0 Å². The van der Waals surface area contributed by atoms with E-state index in [-0.39, 0.29) is 5.37 Å². The molecule has 8 heteroatoms. The highest BCUT2D eigenvalue weighted by Crippen LogP contribution is 2.41. The Bertz CT molecular complexity index is 928. The maximum atomic E-state index is 9.78. The minimum absolute atomic E-state index is 0.149. The summed E-state index contributed by atoms with van der Waals surface area (Å²) in [4.78, 5) is 4.31. The molecule has 148 valence electrons. The molecule has 2 aromatic rings. The molecule has 1 aromatic heterocycles. The lowest BCUT2D eigenvalue weighted by molar-refractivity contribution is 0.143. The molecule has 1 aliphatic heterocycles. The maximum absolute atomic E-state index is 9.78. The number of ether oxygens (including phenoxy) is 1. The van der Waals surface area contributed by atoms with E-state index in [1.54, 1.807) is 38.4 Å². The van der Waals surface area contributed by atoms with Crippen LogP contribution in [0.4, 0.5) is 5.69 Å². The van der Waals surface area contributed by atoms with Gasteiger partial charge in [-0.05, 0) is 56.4 Å². The van der Waals surface area contributed by atoms with Crippen molar-refractivity contribution in [3.8, 4) is 17.6 Å². The summed E-state index contributed by atoms with van der Waals surface area (Å²) in [6.07, 6.45) is 0. The van der Waals surface area contributed by atoms with Crippen molar-refractivity contribution in [2.24, 2.45) is 0 Å². The van der Waals surface area contributed by atoms with E-state index < -0.39 is 5.60 Å². The standard InChI is InChI=1S/C20H21ClN2O2S3/c1-20(2,24)9-8-14-5-7-17(28-14)18-23(10-11-27-18)19(26)22-13-4-6-16(25-3)15(21)12-13/h4-7,12,18,24H,10-11H2,1-3H3,(H,22,26)/t18-/m1/s1. The number of nitrogens with zero attached hydrogens (tertiary/aromatic N) is 1. The van der Waals surface area contributed by atoms with Crippen LogP contribution >= 0.6 is 46.9 Å². The minimum atomic E-state index is -0.997. The van der Waals surface area contributed by atoms with E-state index in [1.807, 2.05) is 30.0 Å². The van der Waals surface area contributed by atoms with Crippen molar-refractivity contribution in [3.05, 3.63) is 45.1 Å². The van der Waals surface area contributed by atoms with E-state index in [0.717, 1.165) is 22.9 Å². The Morgan fingerprint density at radius 1 is 1.39 bits per heavy atom. The highest BCUT2D eigenvalue weighted by molar-refractivity contribution is 7.99. The number of benzene rings is 1. The smallest absolute Gasteiger partial charge is 0.174 e. The summed E-state index contributed by atoms with van der Waals surface area (Å²) in [5.41, 5.74) is -0.168. The Kier molecular flexibility index (Phi) is 6.79. The van der Waals surface area contributed by atoms with Gasteiger partial charge in [0, 0.05) is 22.9 Å². The molecule has 4 nitrogen and oxygen atoms in total. The van der Waals surface area contributed by atoms with E-state index in [4.69, 9.17) is 28.6 Å². The highest BCUT2D eigenvalue weighted by atomic mass is 35.5. The van der Waals surface area contributed by atoms with Gasteiger partial charge in [0.25, 0.3) is 0 Å². The number of methoxy groups -OCH3 is 1. The van der Waals surface area contributed by atoms with Crippen LogP contribution < -0.4 is 10.1 Å². The molecule has 1 aromatic carbocycles. The summed E-state index contributed by atoms with van der Waals surface area (Å²) < 4.78 is 5.19. The molecule has 0 amide bonds. The molecule has 0 aliphatic carbocycles. The molecule has 2 N–H and O–H groups in total. The summed E-state index contributed by atoms with van der Waals surface area (Å²) in [5, 5.41) is 14.4. The number of hydrogen-bond donors (Lipinski definition) is 2. The second-order valence-corrected chi connectivity index (χ2v) is 9.80. The first-order valence-electron chi connectivity index (χ1n) is 8.65. The van der Waals surface area contributed by atoms with Crippen molar-refractivity contribution in [1.82, 2.24) is 4.90 Å². The Morgan fingerprint density at radius 2 is 2.18 bits per heavy atom. The van der Waals surface area contributed by atoms with E-state index in [9.17, 15) is 5.11 Å². The van der Waals surface area contributed by atoms with Crippen LogP contribution in [-0.4, -0.2) is 40.1 Å². The fourth-order valence-corrected chi connectivity index (χ4v) is 5.62. The molecule has 1 fully saturated rings. The molecule has 0 spiro atoms.